The standard InChI is InChI=1S/C18H23N3/c1-2-20-16(12-14-8-11-21-17(19)13-14)18(9-10-18)15-6-4-3-5-7-15/h3-8,11,13,16,20H,2,9-10,12H2,1H3,(H2,19,21). The zero-order valence-electron chi connectivity index (χ0n) is 12.5. The molecule has 2 aromatic rings. The summed E-state index contributed by atoms with van der Waals surface area (Å²) in [6.07, 6.45) is 5.32. The van der Waals surface area contributed by atoms with Crippen LogP contribution < -0.4 is 11.1 Å². The summed E-state index contributed by atoms with van der Waals surface area (Å²) in [5.41, 5.74) is 8.82. The quantitative estimate of drug-likeness (QED) is 0.856. The summed E-state index contributed by atoms with van der Waals surface area (Å²) in [4.78, 5) is 4.09. The van der Waals surface area contributed by atoms with Gasteiger partial charge in [-0.3, -0.25) is 0 Å². The molecular weight excluding hydrogens is 258 g/mol. The number of nitrogens with zero attached hydrogens (tertiary/aromatic N) is 1. The Hall–Kier alpha value is -1.87. The molecule has 110 valence electrons. The fourth-order valence-electron chi connectivity index (χ4n) is 3.31. The minimum absolute atomic E-state index is 0.287. The molecule has 3 N–H and O–H groups in total. The summed E-state index contributed by atoms with van der Waals surface area (Å²) in [5.74, 6) is 0.604. The van der Waals surface area contributed by atoms with Crippen LogP contribution in [0.5, 0.6) is 0 Å². The maximum absolute atomic E-state index is 5.81. The van der Waals surface area contributed by atoms with E-state index in [-0.39, 0.29) is 5.41 Å². The van der Waals surface area contributed by atoms with E-state index < -0.39 is 0 Å². The van der Waals surface area contributed by atoms with Gasteiger partial charge in [-0.25, -0.2) is 4.98 Å². The highest BCUT2D eigenvalue weighted by molar-refractivity contribution is 5.37. The summed E-state index contributed by atoms with van der Waals surface area (Å²) >= 11 is 0. The number of nitrogens with one attached hydrogen (secondary N) is 1. The first-order chi connectivity index (χ1) is 10.2. The molecule has 0 saturated heterocycles. The highest BCUT2D eigenvalue weighted by Crippen LogP contribution is 2.51. The molecule has 21 heavy (non-hydrogen) atoms. The normalized spacial score (nSPS) is 17.4. The van der Waals surface area contributed by atoms with Gasteiger partial charge in [0.15, 0.2) is 0 Å². The smallest absolute Gasteiger partial charge is 0.123 e. The number of benzene rings is 1. The van der Waals surface area contributed by atoms with Crippen molar-refractivity contribution >= 4 is 5.82 Å². The highest BCUT2D eigenvalue weighted by Gasteiger charge is 2.50. The molecule has 0 amide bonds. The SMILES string of the molecule is CCNC(Cc1ccnc(N)c1)C1(c2ccccc2)CC1. The number of nitrogen functional groups attached to an aromatic ring is 1. The molecule has 0 aliphatic heterocycles. The Bertz CT molecular complexity index is 590. The van der Waals surface area contributed by atoms with Gasteiger partial charge in [-0.15, -0.1) is 0 Å². The number of likely N-dealkylation sites (N-methyl/N-ethyl adjacent to an activating group) is 1. The van der Waals surface area contributed by atoms with Gasteiger partial charge in [0.2, 0.25) is 0 Å². The second kappa shape index (κ2) is 5.86. The summed E-state index contributed by atoms with van der Waals surface area (Å²) in [6.45, 7) is 3.16. The van der Waals surface area contributed by atoms with Crippen LogP contribution in [0.25, 0.3) is 0 Å². The largest absolute Gasteiger partial charge is 0.384 e. The summed E-state index contributed by atoms with van der Waals surface area (Å²) in [7, 11) is 0. The minimum atomic E-state index is 0.287. The first-order valence-electron chi connectivity index (χ1n) is 7.74. The van der Waals surface area contributed by atoms with E-state index in [2.05, 4.69) is 53.6 Å². The molecule has 1 fully saturated rings. The molecule has 1 aromatic carbocycles. The first kappa shape index (κ1) is 14.1. The van der Waals surface area contributed by atoms with Gasteiger partial charge in [-0.05, 0) is 49.1 Å². The zero-order valence-corrected chi connectivity index (χ0v) is 12.5. The van der Waals surface area contributed by atoms with Crippen LogP contribution in [0.1, 0.15) is 30.9 Å². The van der Waals surface area contributed by atoms with Crippen molar-refractivity contribution in [1.29, 1.82) is 0 Å². The average molecular weight is 281 g/mol. The van der Waals surface area contributed by atoms with Crippen molar-refractivity contribution in [2.45, 2.75) is 37.6 Å². The number of hydrogen-bond acceptors (Lipinski definition) is 3. The van der Waals surface area contributed by atoms with Crippen LogP contribution in [0.2, 0.25) is 0 Å². The van der Waals surface area contributed by atoms with Gasteiger partial charge >= 0.3 is 0 Å². The van der Waals surface area contributed by atoms with Crippen molar-refractivity contribution in [3.05, 3.63) is 59.8 Å². The molecule has 3 rings (SSSR count). The Labute approximate surface area is 126 Å². The number of rotatable bonds is 6. The third-order valence-corrected chi connectivity index (χ3v) is 4.54. The number of pyridine rings is 1. The Morgan fingerprint density at radius 1 is 1.24 bits per heavy atom. The molecule has 0 bridgehead atoms. The van der Waals surface area contributed by atoms with E-state index in [1.165, 1.54) is 24.0 Å². The topological polar surface area (TPSA) is 50.9 Å². The third-order valence-electron chi connectivity index (χ3n) is 4.54. The van der Waals surface area contributed by atoms with E-state index in [1.807, 2.05) is 6.07 Å². The molecule has 0 radical (unpaired) electrons. The summed E-state index contributed by atoms with van der Waals surface area (Å²) < 4.78 is 0. The second-order valence-electron chi connectivity index (χ2n) is 5.93. The molecule has 1 aromatic heterocycles. The van der Waals surface area contributed by atoms with Crippen molar-refractivity contribution in [1.82, 2.24) is 10.3 Å². The molecule has 1 saturated carbocycles. The maximum atomic E-state index is 5.81. The van der Waals surface area contributed by atoms with Crippen LogP contribution >= 0.6 is 0 Å². The van der Waals surface area contributed by atoms with E-state index in [4.69, 9.17) is 5.73 Å². The lowest BCUT2D eigenvalue weighted by molar-refractivity contribution is 0.421. The highest BCUT2D eigenvalue weighted by atomic mass is 14.9. The van der Waals surface area contributed by atoms with E-state index in [1.54, 1.807) is 6.20 Å². The van der Waals surface area contributed by atoms with Gasteiger partial charge in [0.25, 0.3) is 0 Å². The molecule has 1 unspecified atom stereocenters. The van der Waals surface area contributed by atoms with Crippen LogP contribution in [-0.2, 0) is 11.8 Å². The van der Waals surface area contributed by atoms with Crippen LogP contribution in [0, 0.1) is 0 Å². The van der Waals surface area contributed by atoms with Gasteiger partial charge < -0.3 is 11.1 Å². The number of hydrogen-bond donors (Lipinski definition) is 2. The Morgan fingerprint density at radius 3 is 2.62 bits per heavy atom. The van der Waals surface area contributed by atoms with Crippen molar-refractivity contribution in [3.8, 4) is 0 Å². The van der Waals surface area contributed by atoms with Crippen LogP contribution in [0.4, 0.5) is 5.82 Å². The first-order valence-corrected chi connectivity index (χ1v) is 7.74. The molecule has 3 heteroatoms. The number of aromatic nitrogens is 1. The second-order valence-corrected chi connectivity index (χ2v) is 5.93. The Morgan fingerprint density at radius 2 is 2.00 bits per heavy atom. The molecular formula is C18H23N3. The third kappa shape index (κ3) is 2.93. The molecule has 0 spiro atoms. The minimum Gasteiger partial charge on any atom is -0.384 e. The molecule has 3 nitrogen and oxygen atoms in total. The zero-order chi connectivity index (χ0) is 14.7. The lowest BCUT2D eigenvalue weighted by atomic mass is 9.84. The van der Waals surface area contributed by atoms with Crippen LogP contribution in [0.3, 0.4) is 0 Å². The summed E-state index contributed by atoms with van der Waals surface area (Å²) in [6, 6.07) is 15.4. The van der Waals surface area contributed by atoms with Crippen LogP contribution in [0.15, 0.2) is 48.7 Å². The average Bonchev–Trinajstić information content (AvgIpc) is 3.30. The predicted octanol–water partition coefficient (Wildman–Crippen LogP) is 2.92. The molecule has 1 heterocycles. The molecule has 1 atom stereocenters. The fraction of sp³-hybridized carbons (Fsp3) is 0.389. The molecule has 1 aliphatic rings. The fourth-order valence-corrected chi connectivity index (χ4v) is 3.31. The predicted molar refractivity (Wildman–Crippen MR) is 87.2 cm³/mol. The van der Waals surface area contributed by atoms with E-state index in [0.29, 0.717) is 11.9 Å². The van der Waals surface area contributed by atoms with Gasteiger partial charge in [0, 0.05) is 17.7 Å². The van der Waals surface area contributed by atoms with Gasteiger partial charge in [0.1, 0.15) is 5.82 Å². The van der Waals surface area contributed by atoms with E-state index in [0.717, 1.165) is 13.0 Å². The van der Waals surface area contributed by atoms with Crippen molar-refractivity contribution < 1.29 is 0 Å². The lowest BCUT2D eigenvalue weighted by Crippen LogP contribution is -2.41. The van der Waals surface area contributed by atoms with Crippen LogP contribution in [-0.4, -0.2) is 17.6 Å². The van der Waals surface area contributed by atoms with Gasteiger partial charge in [-0.1, -0.05) is 37.3 Å². The van der Waals surface area contributed by atoms with Crippen molar-refractivity contribution in [2.24, 2.45) is 0 Å². The Balaban J connectivity index is 1.85. The monoisotopic (exact) mass is 281 g/mol. The summed E-state index contributed by atoms with van der Waals surface area (Å²) in [5, 5.41) is 3.69. The lowest BCUT2D eigenvalue weighted by Gasteiger charge is -2.28. The maximum Gasteiger partial charge on any atom is 0.123 e. The number of nitrogens with two attached hydrogens (primary N) is 1. The molecule has 1 aliphatic carbocycles. The van der Waals surface area contributed by atoms with Crippen molar-refractivity contribution in [2.75, 3.05) is 12.3 Å². The van der Waals surface area contributed by atoms with E-state index >= 15 is 0 Å². The Kier molecular flexibility index (Phi) is 3.93. The van der Waals surface area contributed by atoms with E-state index in [9.17, 15) is 0 Å². The van der Waals surface area contributed by atoms with Gasteiger partial charge in [0.05, 0.1) is 0 Å². The van der Waals surface area contributed by atoms with Crippen molar-refractivity contribution in [3.63, 3.8) is 0 Å². The van der Waals surface area contributed by atoms with Gasteiger partial charge in [-0.2, -0.15) is 0 Å². The number of anilines is 1.